The summed E-state index contributed by atoms with van der Waals surface area (Å²) >= 11 is 0. The molecule has 0 N–H and O–H groups in total. The van der Waals surface area contributed by atoms with Crippen LogP contribution in [0.15, 0.2) is 18.2 Å². The second-order valence-corrected chi connectivity index (χ2v) is 7.60. The highest BCUT2D eigenvalue weighted by Crippen LogP contribution is 2.38. The van der Waals surface area contributed by atoms with E-state index < -0.39 is 31.9 Å². The van der Waals surface area contributed by atoms with Gasteiger partial charge in [0, 0.05) is 23.6 Å². The highest BCUT2D eigenvalue weighted by molar-refractivity contribution is 8.14. The minimum Gasteiger partial charge on any atom is -0.495 e. The van der Waals surface area contributed by atoms with Gasteiger partial charge in [0.05, 0.1) is 18.4 Å². The van der Waals surface area contributed by atoms with Crippen molar-refractivity contribution in [3.8, 4) is 5.75 Å². The van der Waals surface area contributed by atoms with Crippen LogP contribution < -0.4 is 9.64 Å². The summed E-state index contributed by atoms with van der Waals surface area (Å²) in [6, 6.07) is 2.65. The Hall–Kier alpha value is -1.48. The fraction of sp³-hybridized carbons (Fsp3) is 0.417. The number of methoxy groups -OCH3 is 1. The lowest BCUT2D eigenvalue weighted by Crippen LogP contribution is -2.27. The zero-order chi connectivity index (χ0) is 16.7. The molecule has 1 aliphatic heterocycles. The molecule has 1 aliphatic rings. The predicted molar refractivity (Wildman–Crippen MR) is 73.5 cm³/mol. The van der Waals surface area contributed by atoms with Crippen LogP contribution in [0, 0.1) is 0 Å². The number of alkyl halides is 3. The van der Waals surface area contributed by atoms with E-state index in [4.69, 9.17) is 15.4 Å². The van der Waals surface area contributed by atoms with E-state index in [-0.39, 0.29) is 24.4 Å². The molecule has 0 saturated carbocycles. The standard InChI is InChI=1S/C12H11ClF3NO4S/c1-21-10-3-2-7(12(14,15)16)4-9(10)17-6-8(5-11(17)18)22(13,19)20/h2-4,8H,5-6H2,1H3. The highest BCUT2D eigenvalue weighted by atomic mass is 35.7. The van der Waals surface area contributed by atoms with Crippen molar-refractivity contribution in [3.05, 3.63) is 23.8 Å². The Kier molecular flexibility index (Phi) is 4.31. The zero-order valence-corrected chi connectivity index (χ0v) is 12.8. The monoisotopic (exact) mass is 357 g/mol. The van der Waals surface area contributed by atoms with Crippen molar-refractivity contribution < 1.29 is 31.1 Å². The van der Waals surface area contributed by atoms with Crippen LogP contribution >= 0.6 is 10.7 Å². The van der Waals surface area contributed by atoms with E-state index in [0.717, 1.165) is 23.1 Å². The van der Waals surface area contributed by atoms with E-state index in [0.29, 0.717) is 0 Å². The summed E-state index contributed by atoms with van der Waals surface area (Å²) < 4.78 is 66.0. The van der Waals surface area contributed by atoms with Gasteiger partial charge >= 0.3 is 6.18 Å². The molecule has 122 valence electrons. The van der Waals surface area contributed by atoms with Crippen LogP contribution in [0.1, 0.15) is 12.0 Å². The van der Waals surface area contributed by atoms with Crippen molar-refractivity contribution in [1.29, 1.82) is 0 Å². The van der Waals surface area contributed by atoms with Crippen molar-refractivity contribution in [2.24, 2.45) is 0 Å². The third-order valence-electron chi connectivity index (χ3n) is 3.28. The van der Waals surface area contributed by atoms with Gasteiger partial charge < -0.3 is 9.64 Å². The number of nitrogens with zero attached hydrogens (tertiary/aromatic N) is 1. The molecule has 0 aliphatic carbocycles. The molecule has 0 spiro atoms. The van der Waals surface area contributed by atoms with E-state index in [9.17, 15) is 26.4 Å². The van der Waals surface area contributed by atoms with Crippen molar-refractivity contribution in [1.82, 2.24) is 0 Å². The number of anilines is 1. The molecule has 22 heavy (non-hydrogen) atoms. The molecule has 2 rings (SSSR count). The minimum absolute atomic E-state index is 0.0361. The van der Waals surface area contributed by atoms with E-state index >= 15 is 0 Å². The van der Waals surface area contributed by atoms with Crippen molar-refractivity contribution in [2.75, 3.05) is 18.6 Å². The lowest BCUT2D eigenvalue weighted by atomic mass is 10.1. The predicted octanol–water partition coefficient (Wildman–Crippen LogP) is 2.39. The van der Waals surface area contributed by atoms with Gasteiger partial charge in [0.25, 0.3) is 0 Å². The Morgan fingerprint density at radius 1 is 1.36 bits per heavy atom. The Morgan fingerprint density at radius 3 is 2.45 bits per heavy atom. The average Bonchev–Trinajstić information content (AvgIpc) is 2.79. The third-order valence-corrected chi connectivity index (χ3v) is 5.15. The number of hydrogen-bond acceptors (Lipinski definition) is 4. The lowest BCUT2D eigenvalue weighted by Gasteiger charge is -2.20. The lowest BCUT2D eigenvalue weighted by molar-refractivity contribution is -0.137. The maximum atomic E-state index is 12.8. The van der Waals surface area contributed by atoms with Gasteiger partial charge in [-0.25, -0.2) is 8.42 Å². The first-order chi connectivity index (χ1) is 10.0. The van der Waals surface area contributed by atoms with Gasteiger partial charge in [0.15, 0.2) is 0 Å². The Morgan fingerprint density at radius 2 is 2.00 bits per heavy atom. The van der Waals surface area contributed by atoms with Crippen LogP contribution in [0.5, 0.6) is 5.75 Å². The van der Waals surface area contributed by atoms with Gasteiger partial charge in [-0.2, -0.15) is 13.2 Å². The molecule has 0 radical (unpaired) electrons. The third kappa shape index (κ3) is 3.30. The van der Waals surface area contributed by atoms with Crippen LogP contribution in [-0.4, -0.2) is 33.2 Å². The molecule has 1 heterocycles. The van der Waals surface area contributed by atoms with Gasteiger partial charge in [0.1, 0.15) is 11.0 Å². The number of carbonyl (C=O) groups is 1. The van der Waals surface area contributed by atoms with Crippen molar-refractivity contribution in [3.63, 3.8) is 0 Å². The fourth-order valence-electron chi connectivity index (χ4n) is 2.17. The normalized spacial score (nSPS) is 19.6. The summed E-state index contributed by atoms with van der Waals surface area (Å²) in [6.07, 6.45) is -4.98. The molecule has 1 aromatic rings. The zero-order valence-electron chi connectivity index (χ0n) is 11.2. The Bertz CT molecular complexity index is 705. The van der Waals surface area contributed by atoms with Crippen LogP contribution in [0.3, 0.4) is 0 Å². The number of rotatable bonds is 3. The van der Waals surface area contributed by atoms with Crippen LogP contribution in [0.25, 0.3) is 0 Å². The maximum absolute atomic E-state index is 12.8. The van der Waals surface area contributed by atoms with Gasteiger partial charge in [-0.3, -0.25) is 4.79 Å². The Balaban J connectivity index is 2.45. The second kappa shape index (κ2) is 5.62. The molecular formula is C12H11ClF3NO4S. The number of benzene rings is 1. The number of hydrogen-bond donors (Lipinski definition) is 0. The van der Waals surface area contributed by atoms with E-state index in [1.807, 2.05) is 0 Å². The number of halogens is 4. The molecule has 1 aromatic carbocycles. The summed E-state index contributed by atoms with van der Waals surface area (Å²) in [5, 5.41) is -1.17. The van der Waals surface area contributed by atoms with Crippen LogP contribution in [-0.2, 0) is 20.0 Å². The first-order valence-electron chi connectivity index (χ1n) is 6.03. The first-order valence-corrected chi connectivity index (χ1v) is 8.40. The molecule has 5 nitrogen and oxygen atoms in total. The summed E-state index contributed by atoms with van der Waals surface area (Å²) in [4.78, 5) is 12.9. The fourth-order valence-corrected chi connectivity index (χ4v) is 3.20. The summed E-state index contributed by atoms with van der Waals surface area (Å²) in [5.74, 6) is -0.596. The van der Waals surface area contributed by atoms with Gasteiger partial charge in [-0.15, -0.1) is 0 Å². The number of ether oxygens (including phenoxy) is 1. The molecule has 1 saturated heterocycles. The number of carbonyl (C=O) groups excluding carboxylic acids is 1. The molecule has 1 atom stereocenters. The van der Waals surface area contributed by atoms with Crippen molar-refractivity contribution >= 4 is 31.3 Å². The SMILES string of the molecule is COc1ccc(C(F)(F)F)cc1N1CC(S(=O)(=O)Cl)CC1=O. The maximum Gasteiger partial charge on any atom is 0.416 e. The summed E-state index contributed by atoms with van der Waals surface area (Å²) in [6.45, 7) is -0.317. The Labute approximate surface area is 129 Å². The van der Waals surface area contributed by atoms with Crippen molar-refractivity contribution in [2.45, 2.75) is 17.8 Å². The van der Waals surface area contributed by atoms with Crippen LogP contribution in [0.2, 0.25) is 0 Å². The van der Waals surface area contributed by atoms with Gasteiger partial charge in [0.2, 0.25) is 15.0 Å². The molecule has 1 unspecified atom stereocenters. The summed E-state index contributed by atoms with van der Waals surface area (Å²) in [7, 11) is 2.47. The van der Waals surface area contributed by atoms with E-state index in [1.54, 1.807) is 0 Å². The smallest absolute Gasteiger partial charge is 0.416 e. The largest absolute Gasteiger partial charge is 0.495 e. The highest BCUT2D eigenvalue weighted by Gasteiger charge is 2.40. The number of amides is 1. The topological polar surface area (TPSA) is 63.7 Å². The molecule has 1 amide bonds. The minimum atomic E-state index is -4.60. The van der Waals surface area contributed by atoms with Crippen LogP contribution in [0.4, 0.5) is 18.9 Å². The second-order valence-electron chi connectivity index (χ2n) is 4.69. The molecule has 1 fully saturated rings. The molecule has 0 bridgehead atoms. The molecule has 10 heteroatoms. The molecule has 0 aromatic heterocycles. The van der Waals surface area contributed by atoms with Gasteiger partial charge in [-0.05, 0) is 18.2 Å². The first kappa shape index (κ1) is 16.9. The van der Waals surface area contributed by atoms with E-state index in [2.05, 4.69) is 0 Å². The summed E-state index contributed by atoms with van der Waals surface area (Å²) in [5.41, 5.74) is -1.10. The molecular weight excluding hydrogens is 347 g/mol. The average molecular weight is 358 g/mol. The quantitative estimate of drug-likeness (QED) is 0.779. The van der Waals surface area contributed by atoms with E-state index in [1.165, 1.54) is 7.11 Å². The van der Waals surface area contributed by atoms with Gasteiger partial charge in [-0.1, -0.05) is 0 Å².